The van der Waals surface area contributed by atoms with E-state index < -0.39 is 5.91 Å². The molecule has 0 bridgehead atoms. The first-order valence-corrected chi connectivity index (χ1v) is 8.15. The van der Waals surface area contributed by atoms with E-state index in [1.807, 2.05) is 30.3 Å². The first-order valence-electron chi connectivity index (χ1n) is 7.77. The second kappa shape index (κ2) is 7.88. The Kier molecular flexibility index (Phi) is 5.38. The van der Waals surface area contributed by atoms with Gasteiger partial charge >= 0.3 is 0 Å². The summed E-state index contributed by atoms with van der Waals surface area (Å²) in [5.74, 6) is 0.468. The molecule has 7 nitrogen and oxygen atoms in total. The molecule has 0 radical (unpaired) electrons. The molecule has 134 valence electrons. The van der Waals surface area contributed by atoms with Gasteiger partial charge in [-0.25, -0.2) is 4.68 Å². The Balaban J connectivity index is 1.76. The molecule has 1 amide bonds. The largest absolute Gasteiger partial charge is 0.495 e. The molecular formula is C18H17ClN4O3. The predicted octanol–water partition coefficient (Wildman–Crippen LogP) is 3.25. The number of ether oxygens (including phenoxy) is 2. The highest BCUT2D eigenvalue weighted by atomic mass is 35.5. The van der Waals surface area contributed by atoms with Crippen molar-refractivity contribution in [2.45, 2.75) is 6.54 Å². The first kappa shape index (κ1) is 17.8. The number of anilines is 1. The van der Waals surface area contributed by atoms with Crippen LogP contribution in [0, 0.1) is 0 Å². The van der Waals surface area contributed by atoms with Gasteiger partial charge in [-0.15, -0.1) is 5.10 Å². The van der Waals surface area contributed by atoms with Gasteiger partial charge in [0.25, 0.3) is 5.91 Å². The van der Waals surface area contributed by atoms with Gasteiger partial charge in [-0.2, -0.15) is 0 Å². The summed E-state index contributed by atoms with van der Waals surface area (Å²) in [6.45, 7) is 0.527. The zero-order chi connectivity index (χ0) is 18.5. The topological polar surface area (TPSA) is 78.3 Å². The van der Waals surface area contributed by atoms with E-state index in [4.69, 9.17) is 21.1 Å². The molecule has 3 aromatic rings. The van der Waals surface area contributed by atoms with Crippen molar-refractivity contribution < 1.29 is 14.3 Å². The summed E-state index contributed by atoms with van der Waals surface area (Å²) in [7, 11) is 3.00. The van der Waals surface area contributed by atoms with E-state index in [9.17, 15) is 4.79 Å². The number of nitrogens with zero attached hydrogens (tertiary/aromatic N) is 3. The zero-order valence-electron chi connectivity index (χ0n) is 14.3. The maximum absolute atomic E-state index is 12.5. The third-order valence-electron chi connectivity index (χ3n) is 3.68. The summed E-state index contributed by atoms with van der Waals surface area (Å²) in [6, 6.07) is 12.9. The Morgan fingerprint density at radius 2 is 1.88 bits per heavy atom. The van der Waals surface area contributed by atoms with Gasteiger partial charge in [-0.3, -0.25) is 4.79 Å². The van der Waals surface area contributed by atoms with Crippen molar-refractivity contribution >= 4 is 23.2 Å². The maximum Gasteiger partial charge on any atom is 0.277 e. The number of hydrogen-bond acceptors (Lipinski definition) is 5. The van der Waals surface area contributed by atoms with Gasteiger partial charge in [-0.05, 0) is 11.6 Å². The van der Waals surface area contributed by atoms with Crippen molar-refractivity contribution in [3.8, 4) is 11.5 Å². The Labute approximate surface area is 155 Å². The van der Waals surface area contributed by atoms with Gasteiger partial charge in [0.1, 0.15) is 11.5 Å². The fourth-order valence-corrected chi connectivity index (χ4v) is 2.64. The summed E-state index contributed by atoms with van der Waals surface area (Å²) in [5, 5.41) is 11.0. The summed E-state index contributed by atoms with van der Waals surface area (Å²) in [6.07, 6.45) is 1.58. The van der Waals surface area contributed by atoms with Crippen LogP contribution in [0.15, 0.2) is 48.7 Å². The van der Waals surface area contributed by atoms with Crippen molar-refractivity contribution in [3.63, 3.8) is 0 Å². The fourth-order valence-electron chi connectivity index (χ4n) is 2.39. The number of carbonyl (C=O) groups is 1. The number of rotatable bonds is 6. The van der Waals surface area contributed by atoms with E-state index in [0.29, 0.717) is 28.8 Å². The minimum absolute atomic E-state index is 0.190. The highest BCUT2D eigenvalue weighted by Gasteiger charge is 2.16. The molecule has 1 aromatic heterocycles. The number of halogens is 1. The first-order chi connectivity index (χ1) is 12.6. The van der Waals surface area contributed by atoms with E-state index in [-0.39, 0.29) is 5.69 Å². The smallest absolute Gasteiger partial charge is 0.277 e. The van der Waals surface area contributed by atoms with Crippen LogP contribution >= 0.6 is 11.6 Å². The van der Waals surface area contributed by atoms with Crippen molar-refractivity contribution in [1.29, 1.82) is 0 Å². The maximum atomic E-state index is 12.5. The quantitative estimate of drug-likeness (QED) is 0.718. The van der Waals surface area contributed by atoms with E-state index in [2.05, 4.69) is 15.6 Å². The van der Waals surface area contributed by atoms with Crippen LogP contribution in [-0.4, -0.2) is 35.1 Å². The van der Waals surface area contributed by atoms with Gasteiger partial charge in [0.15, 0.2) is 5.69 Å². The minimum atomic E-state index is -0.413. The lowest BCUT2D eigenvalue weighted by molar-refractivity contribution is 0.102. The van der Waals surface area contributed by atoms with Gasteiger partial charge < -0.3 is 14.8 Å². The second-order valence-corrected chi connectivity index (χ2v) is 5.84. The van der Waals surface area contributed by atoms with E-state index in [1.165, 1.54) is 14.2 Å². The lowest BCUT2D eigenvalue weighted by atomic mass is 10.2. The summed E-state index contributed by atoms with van der Waals surface area (Å²) in [4.78, 5) is 12.5. The Morgan fingerprint density at radius 1 is 1.15 bits per heavy atom. The molecule has 1 heterocycles. The van der Waals surface area contributed by atoms with Crippen molar-refractivity contribution in [3.05, 3.63) is 64.9 Å². The molecule has 0 fully saturated rings. The SMILES string of the molecule is COc1cc(OC)c(NC(=O)c2cn(Cc3ccccc3)nn2)cc1Cl. The molecule has 0 aliphatic heterocycles. The van der Waals surface area contributed by atoms with Crippen LogP contribution in [0.4, 0.5) is 5.69 Å². The van der Waals surface area contributed by atoms with Gasteiger partial charge in [-0.1, -0.05) is 47.1 Å². The molecule has 8 heteroatoms. The van der Waals surface area contributed by atoms with Gasteiger partial charge in [0.2, 0.25) is 0 Å². The number of carbonyl (C=O) groups excluding carboxylic acids is 1. The molecule has 1 N–H and O–H groups in total. The number of methoxy groups -OCH3 is 2. The van der Waals surface area contributed by atoms with E-state index in [0.717, 1.165) is 5.56 Å². The number of amides is 1. The zero-order valence-corrected chi connectivity index (χ0v) is 15.0. The van der Waals surface area contributed by atoms with Crippen LogP contribution in [-0.2, 0) is 6.54 Å². The molecule has 0 unspecified atom stereocenters. The van der Waals surface area contributed by atoms with Crippen LogP contribution in [0.3, 0.4) is 0 Å². The number of benzene rings is 2. The molecule has 2 aromatic carbocycles. The third-order valence-corrected chi connectivity index (χ3v) is 3.98. The molecule has 0 saturated heterocycles. The molecule has 0 aliphatic carbocycles. The van der Waals surface area contributed by atoms with Crippen LogP contribution in [0.2, 0.25) is 5.02 Å². The van der Waals surface area contributed by atoms with E-state index >= 15 is 0 Å². The standard InChI is InChI=1S/C18H17ClN4O3/c1-25-16-9-17(26-2)14(8-13(16)19)20-18(24)15-11-23(22-21-15)10-12-6-4-3-5-7-12/h3-9,11H,10H2,1-2H3,(H,20,24). The fraction of sp³-hybridized carbons (Fsp3) is 0.167. The lowest BCUT2D eigenvalue weighted by Gasteiger charge is -2.12. The van der Waals surface area contributed by atoms with Crippen LogP contribution in [0.5, 0.6) is 11.5 Å². The number of hydrogen-bond donors (Lipinski definition) is 1. The van der Waals surface area contributed by atoms with Gasteiger partial charge in [0, 0.05) is 6.07 Å². The molecule has 0 aliphatic rings. The molecule has 3 rings (SSSR count). The highest BCUT2D eigenvalue weighted by molar-refractivity contribution is 6.32. The Morgan fingerprint density at radius 3 is 2.58 bits per heavy atom. The van der Waals surface area contributed by atoms with Crippen LogP contribution in [0.25, 0.3) is 0 Å². The summed E-state index contributed by atoms with van der Waals surface area (Å²) < 4.78 is 12.0. The Bertz CT molecular complexity index is 912. The second-order valence-electron chi connectivity index (χ2n) is 5.43. The average Bonchev–Trinajstić information content (AvgIpc) is 3.11. The average molecular weight is 373 g/mol. The number of aromatic nitrogens is 3. The third kappa shape index (κ3) is 3.94. The monoisotopic (exact) mass is 372 g/mol. The molecule has 26 heavy (non-hydrogen) atoms. The van der Waals surface area contributed by atoms with Crippen molar-refractivity contribution in [2.75, 3.05) is 19.5 Å². The minimum Gasteiger partial charge on any atom is -0.495 e. The summed E-state index contributed by atoms with van der Waals surface area (Å²) in [5.41, 5.74) is 1.67. The Hall–Kier alpha value is -3.06. The molecule has 0 spiro atoms. The normalized spacial score (nSPS) is 10.4. The number of nitrogens with one attached hydrogen (secondary N) is 1. The van der Waals surface area contributed by atoms with Crippen molar-refractivity contribution in [2.24, 2.45) is 0 Å². The van der Waals surface area contributed by atoms with Crippen LogP contribution < -0.4 is 14.8 Å². The predicted molar refractivity (Wildman–Crippen MR) is 98.1 cm³/mol. The van der Waals surface area contributed by atoms with Gasteiger partial charge in [0.05, 0.1) is 37.7 Å². The molecule has 0 saturated carbocycles. The van der Waals surface area contributed by atoms with E-state index in [1.54, 1.807) is 23.0 Å². The van der Waals surface area contributed by atoms with Crippen LogP contribution in [0.1, 0.15) is 16.1 Å². The highest BCUT2D eigenvalue weighted by Crippen LogP contribution is 2.36. The molecule has 0 atom stereocenters. The van der Waals surface area contributed by atoms with Crippen molar-refractivity contribution in [1.82, 2.24) is 15.0 Å². The molecular weight excluding hydrogens is 356 g/mol. The summed E-state index contributed by atoms with van der Waals surface area (Å²) >= 11 is 6.12. The lowest BCUT2D eigenvalue weighted by Crippen LogP contribution is -2.13.